The Morgan fingerprint density at radius 2 is 1.79 bits per heavy atom. The number of aromatic nitrogens is 2. The molecule has 0 fully saturated rings. The molecule has 0 aliphatic rings. The Labute approximate surface area is 141 Å². The van der Waals surface area contributed by atoms with E-state index in [1.165, 1.54) is 5.56 Å². The van der Waals surface area contributed by atoms with Gasteiger partial charge in [0.05, 0.1) is 5.69 Å². The van der Waals surface area contributed by atoms with Crippen LogP contribution in [0, 0.1) is 20.8 Å². The number of rotatable bonds is 4. The van der Waals surface area contributed by atoms with Crippen LogP contribution in [0.4, 0.5) is 11.6 Å². The summed E-state index contributed by atoms with van der Waals surface area (Å²) in [5.41, 5.74) is 5.71. The van der Waals surface area contributed by atoms with Gasteiger partial charge in [-0.25, -0.2) is 4.98 Å². The molecule has 0 radical (unpaired) electrons. The molecule has 1 aromatic heterocycles. The van der Waals surface area contributed by atoms with Crippen molar-refractivity contribution >= 4 is 11.6 Å². The first-order chi connectivity index (χ1) is 11.5. The lowest BCUT2D eigenvalue weighted by atomic mass is 10.1. The number of anilines is 2. The fourth-order valence-electron chi connectivity index (χ4n) is 2.76. The zero-order valence-corrected chi connectivity index (χ0v) is 14.2. The third-order valence-electron chi connectivity index (χ3n) is 4.08. The fraction of sp³-hybridized carbons (Fsp3) is 0.200. The van der Waals surface area contributed by atoms with Crippen molar-refractivity contribution < 1.29 is 0 Å². The van der Waals surface area contributed by atoms with E-state index in [-0.39, 0.29) is 5.56 Å². The highest BCUT2D eigenvalue weighted by molar-refractivity contribution is 5.59. The third kappa shape index (κ3) is 3.54. The van der Waals surface area contributed by atoms with Gasteiger partial charge in [0.1, 0.15) is 0 Å². The summed E-state index contributed by atoms with van der Waals surface area (Å²) < 4.78 is 0. The molecule has 2 N–H and O–H groups in total. The van der Waals surface area contributed by atoms with Crippen molar-refractivity contribution in [2.24, 2.45) is 0 Å². The molecule has 0 spiro atoms. The molecule has 24 heavy (non-hydrogen) atoms. The minimum atomic E-state index is -0.0985. The summed E-state index contributed by atoms with van der Waals surface area (Å²) in [7, 11) is 0. The van der Waals surface area contributed by atoms with E-state index in [1.807, 2.05) is 56.3 Å². The second-order valence-corrected chi connectivity index (χ2v) is 6.08. The zero-order chi connectivity index (χ0) is 17.1. The van der Waals surface area contributed by atoms with Gasteiger partial charge < -0.3 is 5.32 Å². The van der Waals surface area contributed by atoms with E-state index in [9.17, 15) is 4.79 Å². The van der Waals surface area contributed by atoms with Gasteiger partial charge in [-0.3, -0.25) is 9.78 Å². The van der Waals surface area contributed by atoms with Gasteiger partial charge in [0, 0.05) is 17.7 Å². The summed E-state index contributed by atoms with van der Waals surface area (Å²) in [6, 6.07) is 16.1. The molecule has 0 atom stereocenters. The van der Waals surface area contributed by atoms with Gasteiger partial charge in [-0.1, -0.05) is 48.0 Å². The van der Waals surface area contributed by atoms with Crippen LogP contribution in [-0.4, -0.2) is 9.97 Å². The predicted octanol–water partition coefficient (Wildman–Crippen LogP) is 4.03. The summed E-state index contributed by atoms with van der Waals surface area (Å²) in [4.78, 5) is 19.8. The van der Waals surface area contributed by atoms with E-state index >= 15 is 0 Å². The average Bonchev–Trinajstić information content (AvgIpc) is 2.55. The van der Waals surface area contributed by atoms with Gasteiger partial charge in [0.2, 0.25) is 5.95 Å². The molecule has 0 saturated heterocycles. The van der Waals surface area contributed by atoms with Crippen LogP contribution in [-0.2, 0) is 6.42 Å². The van der Waals surface area contributed by atoms with Gasteiger partial charge in [-0.05, 0) is 38.0 Å². The molecule has 4 heteroatoms. The van der Waals surface area contributed by atoms with Gasteiger partial charge >= 0.3 is 0 Å². The Kier molecular flexibility index (Phi) is 4.47. The highest BCUT2D eigenvalue weighted by Gasteiger charge is 2.10. The van der Waals surface area contributed by atoms with Gasteiger partial charge in [-0.15, -0.1) is 0 Å². The number of nitrogens with one attached hydrogen (secondary N) is 2. The van der Waals surface area contributed by atoms with Crippen LogP contribution >= 0.6 is 0 Å². The van der Waals surface area contributed by atoms with Crippen LogP contribution < -0.4 is 10.9 Å². The van der Waals surface area contributed by atoms with Crippen molar-refractivity contribution in [3.63, 3.8) is 0 Å². The largest absolute Gasteiger partial charge is 0.325 e. The van der Waals surface area contributed by atoms with Crippen molar-refractivity contribution in [2.45, 2.75) is 27.2 Å². The van der Waals surface area contributed by atoms with Crippen LogP contribution in [0.25, 0.3) is 0 Å². The summed E-state index contributed by atoms with van der Waals surface area (Å²) in [5.74, 6) is 0.473. The van der Waals surface area contributed by atoms with Crippen molar-refractivity contribution in [2.75, 3.05) is 5.32 Å². The Hall–Kier alpha value is -2.88. The van der Waals surface area contributed by atoms with Crippen molar-refractivity contribution in [3.8, 4) is 0 Å². The first-order valence-electron chi connectivity index (χ1n) is 8.01. The first-order valence-corrected chi connectivity index (χ1v) is 8.01. The van der Waals surface area contributed by atoms with E-state index in [0.717, 1.165) is 22.5 Å². The van der Waals surface area contributed by atoms with E-state index < -0.39 is 0 Å². The van der Waals surface area contributed by atoms with Crippen LogP contribution in [0.1, 0.15) is 27.9 Å². The highest BCUT2D eigenvalue weighted by atomic mass is 16.1. The maximum Gasteiger partial charge on any atom is 0.256 e. The maximum absolute atomic E-state index is 12.5. The molecule has 3 rings (SSSR count). The molecule has 3 aromatic rings. The summed E-state index contributed by atoms with van der Waals surface area (Å²) in [6.45, 7) is 5.96. The van der Waals surface area contributed by atoms with Crippen LogP contribution in [0.2, 0.25) is 0 Å². The first kappa shape index (κ1) is 16.0. The molecule has 0 bridgehead atoms. The zero-order valence-electron chi connectivity index (χ0n) is 14.2. The normalized spacial score (nSPS) is 10.6. The quantitative estimate of drug-likeness (QED) is 0.763. The number of nitrogens with zero attached hydrogens (tertiary/aromatic N) is 1. The molecular weight excluding hydrogens is 298 g/mol. The molecule has 2 aromatic carbocycles. The predicted molar refractivity (Wildman–Crippen MR) is 98.0 cm³/mol. The summed E-state index contributed by atoms with van der Waals surface area (Å²) >= 11 is 0. The van der Waals surface area contributed by atoms with Gasteiger partial charge in [0.25, 0.3) is 5.56 Å². The maximum atomic E-state index is 12.5. The number of hydrogen-bond acceptors (Lipinski definition) is 3. The lowest BCUT2D eigenvalue weighted by Crippen LogP contribution is -2.18. The number of H-pyrrole nitrogens is 1. The highest BCUT2D eigenvalue weighted by Crippen LogP contribution is 2.19. The smallest absolute Gasteiger partial charge is 0.256 e. The Morgan fingerprint density at radius 3 is 2.46 bits per heavy atom. The monoisotopic (exact) mass is 319 g/mol. The van der Waals surface area contributed by atoms with Crippen molar-refractivity contribution in [1.29, 1.82) is 0 Å². The second kappa shape index (κ2) is 6.71. The average molecular weight is 319 g/mol. The number of aromatic amines is 1. The third-order valence-corrected chi connectivity index (χ3v) is 4.08. The van der Waals surface area contributed by atoms with Crippen LogP contribution in [0.3, 0.4) is 0 Å². The molecule has 122 valence electrons. The lowest BCUT2D eigenvalue weighted by Gasteiger charge is -2.11. The second-order valence-electron chi connectivity index (χ2n) is 6.08. The standard InChI is InChI=1S/C20H21N3O/c1-13-9-10-18(14(2)11-13)22-20-21-15(3)17(19(24)23-20)12-16-7-5-4-6-8-16/h4-11H,12H2,1-3H3,(H2,21,22,23,24). The number of aryl methyl sites for hydroxylation is 3. The molecule has 0 aliphatic heterocycles. The molecule has 0 amide bonds. The van der Waals surface area contributed by atoms with Crippen LogP contribution in [0.5, 0.6) is 0 Å². The van der Waals surface area contributed by atoms with Crippen LogP contribution in [0.15, 0.2) is 53.3 Å². The molecule has 4 nitrogen and oxygen atoms in total. The molecule has 1 heterocycles. The minimum Gasteiger partial charge on any atom is -0.325 e. The van der Waals surface area contributed by atoms with E-state index in [4.69, 9.17) is 0 Å². The topological polar surface area (TPSA) is 57.8 Å². The SMILES string of the molecule is Cc1ccc(Nc2nc(C)c(Cc3ccccc3)c(=O)[nH]2)c(C)c1. The van der Waals surface area contributed by atoms with Crippen molar-refractivity contribution in [3.05, 3.63) is 86.8 Å². The lowest BCUT2D eigenvalue weighted by molar-refractivity contribution is 0.985. The summed E-state index contributed by atoms with van der Waals surface area (Å²) in [5, 5.41) is 3.21. The molecular formula is C20H21N3O. The number of hydrogen-bond donors (Lipinski definition) is 2. The minimum absolute atomic E-state index is 0.0985. The van der Waals surface area contributed by atoms with Gasteiger partial charge in [-0.2, -0.15) is 0 Å². The van der Waals surface area contributed by atoms with E-state index in [1.54, 1.807) is 0 Å². The van der Waals surface area contributed by atoms with Crippen molar-refractivity contribution in [1.82, 2.24) is 9.97 Å². The molecule has 0 unspecified atom stereocenters. The Balaban J connectivity index is 1.88. The fourth-order valence-corrected chi connectivity index (χ4v) is 2.76. The number of benzene rings is 2. The Morgan fingerprint density at radius 1 is 1.04 bits per heavy atom. The van der Waals surface area contributed by atoms with E-state index in [2.05, 4.69) is 28.3 Å². The van der Waals surface area contributed by atoms with E-state index in [0.29, 0.717) is 17.9 Å². The van der Waals surface area contributed by atoms with Gasteiger partial charge in [0.15, 0.2) is 0 Å². The Bertz CT molecular complexity index is 914. The molecule has 0 aliphatic carbocycles. The molecule has 0 saturated carbocycles. The summed E-state index contributed by atoms with van der Waals surface area (Å²) in [6.07, 6.45) is 0.582.